The van der Waals surface area contributed by atoms with Crippen LogP contribution in [0.4, 0.5) is 0 Å². The van der Waals surface area contributed by atoms with Crippen LogP contribution in [-0.4, -0.2) is 23.1 Å². The van der Waals surface area contributed by atoms with Crippen molar-refractivity contribution in [1.82, 2.24) is 4.40 Å². The Morgan fingerprint density at radius 3 is 2.31 bits per heavy atom. The number of aromatic nitrogens is 1. The van der Waals surface area contributed by atoms with Gasteiger partial charge < -0.3 is 9.14 Å². The minimum atomic E-state index is -0.114. The van der Waals surface area contributed by atoms with Crippen LogP contribution in [0.2, 0.25) is 0 Å². The first-order valence-electron chi connectivity index (χ1n) is 8.33. The molecule has 128 valence electrons. The molecule has 0 radical (unpaired) electrons. The van der Waals surface area contributed by atoms with Gasteiger partial charge in [0.1, 0.15) is 5.75 Å². The molecule has 0 aliphatic rings. The van der Waals surface area contributed by atoms with E-state index in [0.717, 1.165) is 22.2 Å². The summed E-state index contributed by atoms with van der Waals surface area (Å²) in [5.74, 6) is 0.561. The Kier molecular flexibility index (Phi) is 3.81. The molecule has 4 aromatic rings. The molecule has 4 nitrogen and oxygen atoms in total. The highest BCUT2D eigenvalue weighted by Crippen LogP contribution is 2.28. The Morgan fingerprint density at radius 1 is 0.885 bits per heavy atom. The molecule has 0 aliphatic carbocycles. The molecule has 2 aromatic carbocycles. The largest absolute Gasteiger partial charge is 0.497 e. The summed E-state index contributed by atoms with van der Waals surface area (Å²) in [5, 5.41) is 0.935. The molecule has 0 spiro atoms. The second-order valence-electron chi connectivity index (χ2n) is 6.17. The average Bonchev–Trinajstić information content (AvgIpc) is 3.08. The molecule has 2 aromatic heterocycles. The van der Waals surface area contributed by atoms with Gasteiger partial charge in [0.2, 0.25) is 5.78 Å². The second kappa shape index (κ2) is 6.15. The predicted molar refractivity (Wildman–Crippen MR) is 101 cm³/mol. The number of hydrogen-bond donors (Lipinski definition) is 0. The van der Waals surface area contributed by atoms with Crippen molar-refractivity contribution in [2.24, 2.45) is 0 Å². The van der Waals surface area contributed by atoms with Crippen LogP contribution in [0.1, 0.15) is 33.3 Å². The van der Waals surface area contributed by atoms with E-state index in [1.165, 1.54) is 6.92 Å². The lowest BCUT2D eigenvalue weighted by atomic mass is 10.1. The third-order valence-corrected chi connectivity index (χ3v) is 4.58. The molecular formula is C22H17NO3. The third kappa shape index (κ3) is 2.47. The Hall–Kier alpha value is -3.40. The Balaban J connectivity index is 2.06. The van der Waals surface area contributed by atoms with Gasteiger partial charge in [-0.05, 0) is 37.3 Å². The van der Waals surface area contributed by atoms with Crippen LogP contribution in [0.3, 0.4) is 0 Å². The van der Waals surface area contributed by atoms with Crippen molar-refractivity contribution in [2.45, 2.75) is 6.92 Å². The van der Waals surface area contributed by atoms with Crippen LogP contribution < -0.4 is 4.74 Å². The maximum atomic E-state index is 13.1. The fraction of sp³-hybridized carbons (Fsp3) is 0.0909. The van der Waals surface area contributed by atoms with Crippen molar-refractivity contribution >= 4 is 28.0 Å². The van der Waals surface area contributed by atoms with Crippen LogP contribution in [0.15, 0.2) is 66.7 Å². The quantitative estimate of drug-likeness (QED) is 0.511. The van der Waals surface area contributed by atoms with Crippen molar-refractivity contribution in [1.29, 1.82) is 0 Å². The van der Waals surface area contributed by atoms with E-state index < -0.39 is 0 Å². The lowest BCUT2D eigenvalue weighted by molar-refractivity contribution is 0.101. The van der Waals surface area contributed by atoms with Gasteiger partial charge in [-0.1, -0.05) is 36.4 Å². The Bertz CT molecular complexity index is 1160. The summed E-state index contributed by atoms with van der Waals surface area (Å²) in [7, 11) is 1.62. The molecule has 0 saturated heterocycles. The number of carbonyl (C=O) groups is 2. The first-order chi connectivity index (χ1) is 12.6. The number of methoxy groups -OCH3 is 1. The molecule has 4 rings (SSSR count). The topological polar surface area (TPSA) is 47.8 Å². The van der Waals surface area contributed by atoms with Gasteiger partial charge in [0.25, 0.3) is 0 Å². The van der Waals surface area contributed by atoms with E-state index in [2.05, 4.69) is 0 Å². The number of carbonyl (C=O) groups excluding carboxylic acids is 2. The van der Waals surface area contributed by atoms with Crippen molar-refractivity contribution in [3.63, 3.8) is 0 Å². The van der Waals surface area contributed by atoms with E-state index in [1.54, 1.807) is 25.3 Å². The van der Waals surface area contributed by atoms with Crippen LogP contribution in [0.25, 0.3) is 16.4 Å². The molecule has 0 bridgehead atoms. The van der Waals surface area contributed by atoms with Gasteiger partial charge >= 0.3 is 0 Å². The minimum Gasteiger partial charge on any atom is -0.497 e. The van der Waals surface area contributed by atoms with E-state index in [0.29, 0.717) is 16.8 Å². The van der Waals surface area contributed by atoms with Gasteiger partial charge in [-0.15, -0.1) is 0 Å². The van der Waals surface area contributed by atoms with Crippen LogP contribution in [0, 0.1) is 0 Å². The van der Waals surface area contributed by atoms with Crippen molar-refractivity contribution in [2.75, 3.05) is 7.11 Å². The number of fused-ring (bicyclic) bond motifs is 3. The number of rotatable bonds is 4. The zero-order valence-electron chi connectivity index (χ0n) is 14.5. The summed E-state index contributed by atoms with van der Waals surface area (Å²) in [6, 6.07) is 20.3. The number of ether oxygens (including phenoxy) is 1. The number of hydrogen-bond acceptors (Lipinski definition) is 3. The highest BCUT2D eigenvalue weighted by molar-refractivity contribution is 6.13. The third-order valence-electron chi connectivity index (χ3n) is 4.58. The highest BCUT2D eigenvalue weighted by atomic mass is 16.5. The summed E-state index contributed by atoms with van der Waals surface area (Å²) in [5.41, 5.74) is 3.20. The van der Waals surface area contributed by atoms with Gasteiger partial charge in [-0.2, -0.15) is 0 Å². The predicted octanol–water partition coefficient (Wildman–Crippen LogP) is 4.53. The monoisotopic (exact) mass is 343 g/mol. The minimum absolute atomic E-state index is 0.0672. The smallest absolute Gasteiger partial charge is 0.209 e. The van der Waals surface area contributed by atoms with Gasteiger partial charge in [0.05, 0.1) is 23.8 Å². The van der Waals surface area contributed by atoms with E-state index in [-0.39, 0.29) is 11.6 Å². The van der Waals surface area contributed by atoms with E-state index in [9.17, 15) is 9.59 Å². The van der Waals surface area contributed by atoms with Crippen molar-refractivity contribution in [3.8, 4) is 5.75 Å². The Morgan fingerprint density at radius 2 is 1.62 bits per heavy atom. The zero-order valence-corrected chi connectivity index (χ0v) is 14.5. The maximum Gasteiger partial charge on any atom is 0.209 e. The van der Waals surface area contributed by atoms with E-state index in [1.807, 2.05) is 52.9 Å². The van der Waals surface area contributed by atoms with E-state index in [4.69, 9.17) is 4.74 Å². The molecular weight excluding hydrogens is 326 g/mol. The van der Waals surface area contributed by atoms with Crippen LogP contribution >= 0.6 is 0 Å². The lowest BCUT2D eigenvalue weighted by Crippen LogP contribution is -2.05. The first-order valence-corrected chi connectivity index (χ1v) is 8.33. The molecule has 0 N–H and O–H groups in total. The molecule has 0 saturated carbocycles. The highest BCUT2D eigenvalue weighted by Gasteiger charge is 2.20. The fourth-order valence-electron chi connectivity index (χ4n) is 3.30. The standard InChI is InChI=1S/C22H17NO3/c1-14(24)18-13-21(22(25)15-6-4-3-5-7-15)23-19-11-9-17(26-2)12-16(19)8-10-20(18)23/h3-13H,1-2H3. The summed E-state index contributed by atoms with van der Waals surface area (Å²) in [4.78, 5) is 25.2. The maximum absolute atomic E-state index is 13.1. The van der Waals surface area contributed by atoms with Gasteiger partial charge in [-0.25, -0.2) is 0 Å². The second-order valence-corrected chi connectivity index (χ2v) is 6.17. The van der Waals surface area contributed by atoms with Crippen molar-refractivity contribution in [3.05, 3.63) is 83.6 Å². The molecule has 2 heterocycles. The van der Waals surface area contributed by atoms with Gasteiger partial charge in [-0.3, -0.25) is 9.59 Å². The van der Waals surface area contributed by atoms with Crippen molar-refractivity contribution < 1.29 is 14.3 Å². The number of ketones is 2. The molecule has 0 amide bonds. The average molecular weight is 343 g/mol. The first kappa shape index (κ1) is 16.1. The zero-order chi connectivity index (χ0) is 18.3. The number of nitrogens with zero attached hydrogens (tertiary/aromatic N) is 1. The molecule has 4 heteroatoms. The summed E-state index contributed by atoms with van der Waals surface area (Å²) < 4.78 is 7.16. The molecule has 0 aliphatic heterocycles. The van der Waals surface area contributed by atoms with Gasteiger partial charge in [0, 0.05) is 16.5 Å². The molecule has 26 heavy (non-hydrogen) atoms. The van der Waals surface area contributed by atoms with E-state index >= 15 is 0 Å². The van der Waals surface area contributed by atoms with Gasteiger partial charge in [0.15, 0.2) is 5.78 Å². The molecule has 0 unspecified atom stereocenters. The summed E-state index contributed by atoms with van der Waals surface area (Å²) in [6.07, 6.45) is 0. The summed E-state index contributed by atoms with van der Waals surface area (Å²) in [6.45, 7) is 1.52. The number of Topliss-reactive ketones (excluding diaryl/α,β-unsaturated/α-hetero) is 1. The molecule has 0 fully saturated rings. The Labute approximate surface area is 150 Å². The summed E-state index contributed by atoms with van der Waals surface area (Å²) >= 11 is 0. The number of benzene rings is 2. The van der Waals surface area contributed by atoms with Crippen LogP contribution in [0.5, 0.6) is 5.75 Å². The normalized spacial score (nSPS) is 11.0. The lowest BCUT2D eigenvalue weighted by Gasteiger charge is -2.09. The fourth-order valence-corrected chi connectivity index (χ4v) is 3.30. The van der Waals surface area contributed by atoms with Crippen LogP contribution in [-0.2, 0) is 0 Å². The SMILES string of the molecule is COc1ccc2c(ccc3c(C(C)=O)cc(C(=O)c4ccccc4)n32)c1. The number of pyridine rings is 1. The molecule has 0 atom stereocenters.